The van der Waals surface area contributed by atoms with Gasteiger partial charge in [-0.1, -0.05) is 45.7 Å². The second-order valence-corrected chi connectivity index (χ2v) is 6.18. The molecule has 1 atom stereocenters. The van der Waals surface area contributed by atoms with E-state index in [1.807, 2.05) is 0 Å². The zero-order chi connectivity index (χ0) is 13.7. The highest BCUT2D eigenvalue weighted by molar-refractivity contribution is 9.10. The van der Waals surface area contributed by atoms with Crippen LogP contribution in [0.25, 0.3) is 0 Å². The van der Waals surface area contributed by atoms with Gasteiger partial charge in [0.05, 0.1) is 0 Å². The average molecular weight is 381 g/mol. The summed E-state index contributed by atoms with van der Waals surface area (Å²) in [5.74, 6) is -0.179. The van der Waals surface area contributed by atoms with E-state index in [-0.39, 0.29) is 11.9 Å². The van der Waals surface area contributed by atoms with Crippen molar-refractivity contribution in [2.24, 2.45) is 5.92 Å². The molecule has 0 fully saturated rings. The van der Waals surface area contributed by atoms with Crippen molar-refractivity contribution in [3.8, 4) is 0 Å². The van der Waals surface area contributed by atoms with E-state index in [9.17, 15) is 9.18 Å². The van der Waals surface area contributed by atoms with Gasteiger partial charge in [-0.25, -0.2) is 4.39 Å². The fourth-order valence-electron chi connectivity index (χ4n) is 1.68. The van der Waals surface area contributed by atoms with Crippen LogP contribution in [0.5, 0.6) is 0 Å². The first-order chi connectivity index (χ1) is 8.42. The molecule has 1 aromatic rings. The highest BCUT2D eigenvalue weighted by Gasteiger charge is 2.15. The second-order valence-electron chi connectivity index (χ2n) is 4.61. The molecular weight excluding hydrogens is 365 g/mol. The van der Waals surface area contributed by atoms with Crippen LogP contribution in [-0.2, 0) is 0 Å². The molecule has 0 aliphatic heterocycles. The summed E-state index contributed by atoms with van der Waals surface area (Å²) < 4.78 is 13.8. The summed E-state index contributed by atoms with van der Waals surface area (Å²) in [6.45, 7) is 4.20. The monoisotopic (exact) mass is 379 g/mol. The van der Waals surface area contributed by atoms with Gasteiger partial charge in [0.15, 0.2) is 0 Å². The topological polar surface area (TPSA) is 29.1 Å². The minimum absolute atomic E-state index is 0.0551. The molecule has 1 aromatic carbocycles. The number of halogens is 3. The van der Waals surface area contributed by atoms with Gasteiger partial charge >= 0.3 is 0 Å². The van der Waals surface area contributed by atoms with Crippen molar-refractivity contribution >= 4 is 37.8 Å². The standard InChI is InChI=1S/C13H16Br2FNO/c1-8(2)3-12(7-14)17-13(18)9-4-10(15)6-11(16)5-9/h4-6,8,12H,3,7H2,1-2H3,(H,17,18). The van der Waals surface area contributed by atoms with Crippen LogP contribution in [0, 0.1) is 11.7 Å². The molecule has 1 rings (SSSR count). The summed E-state index contributed by atoms with van der Waals surface area (Å²) in [5, 5.41) is 3.58. The lowest BCUT2D eigenvalue weighted by Crippen LogP contribution is -2.37. The molecule has 0 aliphatic rings. The highest BCUT2D eigenvalue weighted by Crippen LogP contribution is 2.15. The quantitative estimate of drug-likeness (QED) is 0.764. The van der Waals surface area contributed by atoms with Crippen LogP contribution in [0.1, 0.15) is 30.6 Å². The van der Waals surface area contributed by atoms with E-state index in [1.165, 1.54) is 12.1 Å². The number of alkyl halides is 1. The van der Waals surface area contributed by atoms with Gasteiger partial charge in [-0.05, 0) is 30.5 Å². The maximum absolute atomic E-state index is 13.2. The maximum atomic E-state index is 13.2. The molecule has 100 valence electrons. The van der Waals surface area contributed by atoms with Crippen molar-refractivity contribution in [1.29, 1.82) is 0 Å². The molecule has 5 heteroatoms. The Bertz CT molecular complexity index is 403. The summed E-state index contributed by atoms with van der Waals surface area (Å²) >= 11 is 6.55. The van der Waals surface area contributed by atoms with E-state index < -0.39 is 5.82 Å². The lowest BCUT2D eigenvalue weighted by Gasteiger charge is -2.18. The highest BCUT2D eigenvalue weighted by atomic mass is 79.9. The normalized spacial score (nSPS) is 12.6. The predicted molar refractivity (Wildman–Crippen MR) is 78.6 cm³/mol. The Morgan fingerprint density at radius 1 is 1.39 bits per heavy atom. The van der Waals surface area contributed by atoms with Gasteiger partial charge in [0, 0.05) is 21.4 Å². The maximum Gasteiger partial charge on any atom is 0.251 e. The van der Waals surface area contributed by atoms with E-state index in [4.69, 9.17) is 0 Å². The number of carbonyl (C=O) groups excluding carboxylic acids is 1. The molecule has 0 saturated heterocycles. The minimum atomic E-state index is -0.422. The van der Waals surface area contributed by atoms with E-state index >= 15 is 0 Å². The van der Waals surface area contributed by atoms with Crippen molar-refractivity contribution in [3.63, 3.8) is 0 Å². The predicted octanol–water partition coefficient (Wildman–Crippen LogP) is 4.13. The number of hydrogen-bond acceptors (Lipinski definition) is 1. The lowest BCUT2D eigenvalue weighted by molar-refractivity contribution is 0.0936. The third-order valence-corrected chi connectivity index (χ3v) is 3.64. The van der Waals surface area contributed by atoms with Crippen molar-refractivity contribution in [2.45, 2.75) is 26.3 Å². The zero-order valence-corrected chi connectivity index (χ0v) is 13.5. The van der Waals surface area contributed by atoms with Crippen LogP contribution in [0.3, 0.4) is 0 Å². The van der Waals surface area contributed by atoms with Crippen molar-refractivity contribution in [2.75, 3.05) is 5.33 Å². The third-order valence-electron chi connectivity index (χ3n) is 2.40. The SMILES string of the molecule is CC(C)CC(CBr)NC(=O)c1cc(F)cc(Br)c1. The Hall–Kier alpha value is -0.420. The minimum Gasteiger partial charge on any atom is -0.348 e. The van der Waals surface area contributed by atoms with Crippen LogP contribution >= 0.6 is 31.9 Å². The fourth-order valence-corrected chi connectivity index (χ4v) is 2.57. The van der Waals surface area contributed by atoms with Crippen LogP contribution in [0.4, 0.5) is 4.39 Å². The van der Waals surface area contributed by atoms with Crippen LogP contribution in [0.2, 0.25) is 0 Å². The third kappa shape index (κ3) is 5.06. The summed E-state index contributed by atoms with van der Waals surface area (Å²) in [6.07, 6.45) is 0.882. The molecule has 1 amide bonds. The number of hydrogen-bond donors (Lipinski definition) is 1. The average Bonchev–Trinajstić information content (AvgIpc) is 2.26. The molecular formula is C13H16Br2FNO. The molecule has 0 radical (unpaired) electrons. The van der Waals surface area contributed by atoms with E-state index in [2.05, 4.69) is 51.0 Å². The van der Waals surface area contributed by atoms with Gasteiger partial charge < -0.3 is 5.32 Å². The number of nitrogens with one attached hydrogen (secondary N) is 1. The lowest BCUT2D eigenvalue weighted by atomic mass is 10.0. The smallest absolute Gasteiger partial charge is 0.251 e. The molecule has 2 nitrogen and oxygen atoms in total. The van der Waals surface area contributed by atoms with E-state index in [1.54, 1.807) is 6.07 Å². The number of carbonyl (C=O) groups is 1. The Labute approximate surface area is 124 Å². The Kier molecular flexibility index (Phi) is 6.29. The summed E-state index contributed by atoms with van der Waals surface area (Å²) in [4.78, 5) is 12.0. The molecule has 0 bridgehead atoms. The second kappa shape index (κ2) is 7.24. The van der Waals surface area contributed by atoms with Gasteiger partial charge in [0.25, 0.3) is 5.91 Å². The van der Waals surface area contributed by atoms with Gasteiger partial charge in [-0.15, -0.1) is 0 Å². The number of benzene rings is 1. The Morgan fingerprint density at radius 2 is 2.06 bits per heavy atom. The Balaban J connectivity index is 2.74. The van der Waals surface area contributed by atoms with Gasteiger partial charge in [0.1, 0.15) is 5.82 Å². The summed E-state index contributed by atoms with van der Waals surface area (Å²) in [7, 11) is 0. The van der Waals surface area contributed by atoms with Crippen LogP contribution in [-0.4, -0.2) is 17.3 Å². The molecule has 0 spiro atoms. The molecule has 18 heavy (non-hydrogen) atoms. The van der Waals surface area contributed by atoms with Gasteiger partial charge in [-0.2, -0.15) is 0 Å². The zero-order valence-electron chi connectivity index (χ0n) is 10.3. The van der Waals surface area contributed by atoms with Crippen molar-refractivity contribution in [1.82, 2.24) is 5.32 Å². The first kappa shape index (κ1) is 15.6. The molecule has 1 unspecified atom stereocenters. The van der Waals surface area contributed by atoms with Crippen molar-refractivity contribution < 1.29 is 9.18 Å². The molecule has 0 saturated carbocycles. The molecule has 0 heterocycles. The van der Waals surface area contributed by atoms with Crippen molar-refractivity contribution in [3.05, 3.63) is 34.1 Å². The number of rotatable bonds is 5. The summed E-state index contributed by atoms with van der Waals surface area (Å²) in [5.41, 5.74) is 0.330. The van der Waals surface area contributed by atoms with Gasteiger partial charge in [0.2, 0.25) is 0 Å². The first-order valence-corrected chi connectivity index (χ1v) is 7.66. The van der Waals surface area contributed by atoms with Crippen LogP contribution in [0.15, 0.2) is 22.7 Å². The summed E-state index contributed by atoms with van der Waals surface area (Å²) in [6, 6.07) is 4.23. The van der Waals surface area contributed by atoms with E-state index in [0.717, 1.165) is 6.42 Å². The Morgan fingerprint density at radius 3 is 2.56 bits per heavy atom. The van der Waals surface area contributed by atoms with Gasteiger partial charge in [-0.3, -0.25) is 4.79 Å². The van der Waals surface area contributed by atoms with Crippen LogP contribution < -0.4 is 5.32 Å². The fraction of sp³-hybridized carbons (Fsp3) is 0.462. The first-order valence-electron chi connectivity index (χ1n) is 5.75. The largest absolute Gasteiger partial charge is 0.348 e. The number of amides is 1. The molecule has 1 N–H and O–H groups in total. The molecule has 0 aromatic heterocycles. The molecule has 0 aliphatic carbocycles. The van der Waals surface area contributed by atoms with E-state index in [0.29, 0.717) is 21.3 Å².